The Morgan fingerprint density at radius 2 is 2.00 bits per heavy atom. The fraction of sp³-hybridized carbons (Fsp3) is 0.615. The van der Waals surface area contributed by atoms with Gasteiger partial charge in [0, 0.05) is 6.20 Å². The Morgan fingerprint density at radius 1 is 1.27 bits per heavy atom. The van der Waals surface area contributed by atoms with Gasteiger partial charge in [-0.25, -0.2) is 4.98 Å². The molecule has 1 aromatic rings. The highest BCUT2D eigenvalue weighted by atomic mass is 35.5. The SMILES string of the molecule is CC1CCC(Cc2ccc(Cl)nc2)CC1. The van der Waals surface area contributed by atoms with Gasteiger partial charge in [0.05, 0.1) is 0 Å². The Balaban J connectivity index is 1.89. The Kier molecular flexibility index (Phi) is 3.63. The summed E-state index contributed by atoms with van der Waals surface area (Å²) in [7, 11) is 0. The molecule has 1 heterocycles. The van der Waals surface area contributed by atoms with Crippen molar-refractivity contribution in [2.45, 2.75) is 39.0 Å². The van der Waals surface area contributed by atoms with Gasteiger partial charge in [0.25, 0.3) is 0 Å². The first-order valence-corrected chi connectivity index (χ1v) is 6.22. The molecule has 1 saturated carbocycles. The van der Waals surface area contributed by atoms with Gasteiger partial charge < -0.3 is 0 Å². The maximum absolute atomic E-state index is 5.76. The van der Waals surface area contributed by atoms with Crippen LogP contribution in [0, 0.1) is 11.8 Å². The lowest BCUT2D eigenvalue weighted by Gasteiger charge is -2.25. The van der Waals surface area contributed by atoms with Crippen LogP contribution >= 0.6 is 11.6 Å². The van der Waals surface area contributed by atoms with Gasteiger partial charge in [-0.1, -0.05) is 37.4 Å². The van der Waals surface area contributed by atoms with Crippen LogP contribution in [0.4, 0.5) is 0 Å². The molecule has 1 aromatic heterocycles. The monoisotopic (exact) mass is 223 g/mol. The number of rotatable bonds is 2. The van der Waals surface area contributed by atoms with Gasteiger partial charge in [0.2, 0.25) is 0 Å². The molecule has 0 bridgehead atoms. The lowest BCUT2D eigenvalue weighted by Crippen LogP contribution is -2.14. The average Bonchev–Trinajstić information content (AvgIpc) is 2.25. The zero-order valence-corrected chi connectivity index (χ0v) is 10.0. The van der Waals surface area contributed by atoms with E-state index in [1.54, 1.807) is 0 Å². The highest BCUT2D eigenvalue weighted by molar-refractivity contribution is 6.29. The molecule has 2 heteroatoms. The van der Waals surface area contributed by atoms with Crippen molar-refractivity contribution < 1.29 is 0 Å². The molecule has 1 nitrogen and oxygen atoms in total. The van der Waals surface area contributed by atoms with Gasteiger partial charge in [0.1, 0.15) is 5.15 Å². The molecule has 15 heavy (non-hydrogen) atoms. The highest BCUT2D eigenvalue weighted by Crippen LogP contribution is 2.30. The van der Waals surface area contributed by atoms with Crippen LogP contribution in [0.3, 0.4) is 0 Å². The molecular formula is C13H18ClN. The summed E-state index contributed by atoms with van der Waals surface area (Å²) in [6.07, 6.45) is 8.64. The number of hydrogen-bond acceptors (Lipinski definition) is 1. The van der Waals surface area contributed by atoms with E-state index in [1.165, 1.54) is 37.7 Å². The molecule has 1 fully saturated rings. The summed E-state index contributed by atoms with van der Waals surface area (Å²) in [5.41, 5.74) is 1.33. The van der Waals surface area contributed by atoms with E-state index in [-0.39, 0.29) is 0 Å². The summed E-state index contributed by atoms with van der Waals surface area (Å²) in [4.78, 5) is 4.12. The largest absolute Gasteiger partial charge is 0.244 e. The summed E-state index contributed by atoms with van der Waals surface area (Å²) in [5, 5.41) is 0.594. The molecule has 1 aliphatic rings. The number of nitrogens with zero attached hydrogens (tertiary/aromatic N) is 1. The molecule has 0 aliphatic heterocycles. The molecule has 0 saturated heterocycles. The minimum Gasteiger partial charge on any atom is -0.244 e. The Labute approximate surface area is 96.9 Å². The van der Waals surface area contributed by atoms with E-state index in [9.17, 15) is 0 Å². The minimum atomic E-state index is 0.594. The third-order valence-electron chi connectivity index (χ3n) is 3.45. The van der Waals surface area contributed by atoms with E-state index in [0.29, 0.717) is 5.15 Å². The molecule has 0 atom stereocenters. The van der Waals surface area contributed by atoms with Crippen molar-refractivity contribution in [3.05, 3.63) is 29.0 Å². The van der Waals surface area contributed by atoms with E-state index in [1.807, 2.05) is 12.3 Å². The molecule has 1 aliphatic carbocycles. The number of pyridine rings is 1. The second-order valence-electron chi connectivity index (χ2n) is 4.82. The van der Waals surface area contributed by atoms with Crippen LogP contribution in [0.2, 0.25) is 5.15 Å². The lowest BCUT2D eigenvalue weighted by molar-refractivity contribution is 0.289. The second kappa shape index (κ2) is 4.98. The van der Waals surface area contributed by atoms with Crippen molar-refractivity contribution in [2.24, 2.45) is 11.8 Å². The van der Waals surface area contributed by atoms with Crippen LogP contribution < -0.4 is 0 Å². The summed E-state index contributed by atoms with van der Waals surface area (Å²) in [6.45, 7) is 2.36. The topological polar surface area (TPSA) is 12.9 Å². The van der Waals surface area contributed by atoms with Gasteiger partial charge in [-0.05, 0) is 42.7 Å². The predicted octanol–water partition coefficient (Wildman–Crippen LogP) is 4.10. The number of aromatic nitrogens is 1. The van der Waals surface area contributed by atoms with Crippen molar-refractivity contribution in [3.63, 3.8) is 0 Å². The van der Waals surface area contributed by atoms with Gasteiger partial charge in [0.15, 0.2) is 0 Å². The molecule has 0 N–H and O–H groups in total. The molecular weight excluding hydrogens is 206 g/mol. The smallest absolute Gasteiger partial charge is 0.129 e. The predicted molar refractivity (Wildman–Crippen MR) is 64.1 cm³/mol. The molecule has 0 radical (unpaired) electrons. The summed E-state index contributed by atoms with van der Waals surface area (Å²) < 4.78 is 0. The summed E-state index contributed by atoms with van der Waals surface area (Å²) in [6, 6.07) is 4.00. The quantitative estimate of drug-likeness (QED) is 0.688. The van der Waals surface area contributed by atoms with Gasteiger partial charge in [-0.2, -0.15) is 0 Å². The third kappa shape index (κ3) is 3.20. The standard InChI is InChI=1S/C13H18ClN/c1-10-2-4-11(5-3-10)8-12-6-7-13(14)15-9-12/h6-7,9-11H,2-5,8H2,1H3. The van der Waals surface area contributed by atoms with Crippen LogP contribution in [0.15, 0.2) is 18.3 Å². The normalized spacial score (nSPS) is 26.5. The van der Waals surface area contributed by atoms with Crippen LogP contribution in [0.1, 0.15) is 38.2 Å². The first-order valence-electron chi connectivity index (χ1n) is 5.84. The average molecular weight is 224 g/mol. The van der Waals surface area contributed by atoms with Crippen molar-refractivity contribution in [1.29, 1.82) is 0 Å². The fourth-order valence-electron chi connectivity index (χ4n) is 2.39. The zero-order valence-electron chi connectivity index (χ0n) is 9.25. The molecule has 0 spiro atoms. The third-order valence-corrected chi connectivity index (χ3v) is 3.67. The van der Waals surface area contributed by atoms with Crippen LogP contribution in [-0.2, 0) is 6.42 Å². The van der Waals surface area contributed by atoms with Crippen LogP contribution in [0.25, 0.3) is 0 Å². The molecule has 0 amide bonds. The van der Waals surface area contributed by atoms with E-state index >= 15 is 0 Å². The van der Waals surface area contributed by atoms with Crippen LogP contribution in [-0.4, -0.2) is 4.98 Å². The van der Waals surface area contributed by atoms with Gasteiger partial charge in [-0.15, -0.1) is 0 Å². The molecule has 2 rings (SSSR count). The first kappa shape index (κ1) is 10.9. The first-order chi connectivity index (χ1) is 7.24. The van der Waals surface area contributed by atoms with E-state index in [2.05, 4.69) is 18.0 Å². The van der Waals surface area contributed by atoms with Crippen LogP contribution in [0.5, 0.6) is 0 Å². The van der Waals surface area contributed by atoms with E-state index in [0.717, 1.165) is 11.8 Å². The summed E-state index contributed by atoms with van der Waals surface area (Å²) in [5.74, 6) is 1.80. The highest BCUT2D eigenvalue weighted by Gasteiger charge is 2.18. The Bertz CT molecular complexity index is 299. The second-order valence-corrected chi connectivity index (χ2v) is 5.21. The maximum atomic E-state index is 5.76. The van der Waals surface area contributed by atoms with Gasteiger partial charge in [-0.3, -0.25) is 0 Å². The van der Waals surface area contributed by atoms with Crippen molar-refractivity contribution >= 4 is 11.6 Å². The number of halogens is 1. The van der Waals surface area contributed by atoms with E-state index in [4.69, 9.17) is 11.6 Å². The fourth-order valence-corrected chi connectivity index (χ4v) is 2.51. The minimum absolute atomic E-state index is 0.594. The zero-order chi connectivity index (χ0) is 10.7. The Morgan fingerprint density at radius 3 is 2.60 bits per heavy atom. The molecule has 0 aromatic carbocycles. The number of hydrogen-bond donors (Lipinski definition) is 0. The maximum Gasteiger partial charge on any atom is 0.129 e. The van der Waals surface area contributed by atoms with Crippen molar-refractivity contribution in [3.8, 4) is 0 Å². The van der Waals surface area contributed by atoms with E-state index < -0.39 is 0 Å². The van der Waals surface area contributed by atoms with Crippen molar-refractivity contribution in [2.75, 3.05) is 0 Å². The van der Waals surface area contributed by atoms with Crippen molar-refractivity contribution in [1.82, 2.24) is 4.98 Å². The molecule has 0 unspecified atom stereocenters. The molecule has 82 valence electrons. The van der Waals surface area contributed by atoms with Gasteiger partial charge >= 0.3 is 0 Å². The lowest BCUT2D eigenvalue weighted by atomic mass is 9.80. The Hall–Kier alpha value is -0.560. The summed E-state index contributed by atoms with van der Waals surface area (Å²) >= 11 is 5.76.